The zero-order chi connectivity index (χ0) is 13.7. The zero-order valence-corrected chi connectivity index (χ0v) is 11.7. The number of benzene rings is 1. The summed E-state index contributed by atoms with van der Waals surface area (Å²) in [6.45, 7) is 9.88. The van der Waals surface area contributed by atoms with Crippen molar-refractivity contribution in [3.63, 3.8) is 0 Å². The molecule has 0 saturated carbocycles. The minimum absolute atomic E-state index is 0.0597. The Morgan fingerprint density at radius 2 is 1.56 bits per heavy atom. The van der Waals surface area contributed by atoms with E-state index < -0.39 is 0 Å². The Balaban J connectivity index is 2.80. The largest absolute Gasteiger partial charge is 0.295 e. The van der Waals surface area contributed by atoms with Crippen LogP contribution in [-0.2, 0) is 0 Å². The first-order valence-corrected chi connectivity index (χ1v) is 6.22. The molecule has 0 bridgehead atoms. The second kappa shape index (κ2) is 6.28. The summed E-state index contributed by atoms with van der Waals surface area (Å²) in [5.41, 5.74) is 1.45. The van der Waals surface area contributed by atoms with Crippen LogP contribution in [0.25, 0.3) is 0 Å². The summed E-state index contributed by atoms with van der Waals surface area (Å²) in [7, 11) is 0. The van der Waals surface area contributed by atoms with Crippen LogP contribution in [0.3, 0.4) is 0 Å². The van der Waals surface area contributed by atoms with Gasteiger partial charge in [-0.2, -0.15) is 0 Å². The van der Waals surface area contributed by atoms with Crippen LogP contribution in [0.1, 0.15) is 45.0 Å². The van der Waals surface area contributed by atoms with Crippen molar-refractivity contribution in [2.75, 3.05) is 0 Å². The quantitative estimate of drug-likeness (QED) is 0.448. The lowest BCUT2D eigenvalue weighted by molar-refractivity contribution is 0.101. The van der Waals surface area contributed by atoms with Crippen molar-refractivity contribution < 1.29 is 4.79 Å². The van der Waals surface area contributed by atoms with Crippen LogP contribution in [0.5, 0.6) is 0 Å². The van der Waals surface area contributed by atoms with Gasteiger partial charge >= 0.3 is 0 Å². The lowest BCUT2D eigenvalue weighted by atomic mass is 10.1. The molecule has 18 heavy (non-hydrogen) atoms. The van der Waals surface area contributed by atoms with Crippen molar-refractivity contribution in [1.29, 1.82) is 0 Å². The van der Waals surface area contributed by atoms with Gasteiger partial charge in [-0.3, -0.25) is 9.80 Å². The van der Waals surface area contributed by atoms with Gasteiger partial charge in [-0.15, -0.1) is 5.11 Å². The third kappa shape index (κ3) is 3.95. The number of carbonyl (C=O) groups excluding carboxylic acids is 1. The van der Waals surface area contributed by atoms with E-state index in [1.54, 1.807) is 31.2 Å². The highest BCUT2D eigenvalue weighted by Crippen LogP contribution is 2.16. The average Bonchev–Trinajstić information content (AvgIpc) is 2.28. The molecule has 0 heterocycles. The maximum Gasteiger partial charge on any atom is 0.159 e. The minimum atomic E-state index is 0.0597. The molecule has 4 heteroatoms. The Hall–Kier alpha value is -1.71. The minimum Gasteiger partial charge on any atom is -0.295 e. The maximum absolute atomic E-state index is 11.1. The van der Waals surface area contributed by atoms with Gasteiger partial charge < -0.3 is 0 Å². The second-order valence-electron chi connectivity index (χ2n) is 4.86. The van der Waals surface area contributed by atoms with Gasteiger partial charge in [-0.1, -0.05) is 5.22 Å². The summed E-state index contributed by atoms with van der Waals surface area (Å²) in [6.07, 6.45) is 0. The first kappa shape index (κ1) is 14.4. The van der Waals surface area contributed by atoms with E-state index in [-0.39, 0.29) is 5.78 Å². The Labute approximate surface area is 109 Å². The summed E-state index contributed by atoms with van der Waals surface area (Å²) in [5.74, 6) is 0.0597. The van der Waals surface area contributed by atoms with E-state index in [9.17, 15) is 4.79 Å². The third-order valence-electron chi connectivity index (χ3n) is 2.60. The Morgan fingerprint density at radius 1 is 1.06 bits per heavy atom. The summed E-state index contributed by atoms with van der Waals surface area (Å²) in [4.78, 5) is 11.1. The summed E-state index contributed by atoms with van der Waals surface area (Å²) in [5, 5.41) is 10.4. The molecule has 1 aromatic carbocycles. The molecule has 0 fully saturated rings. The van der Waals surface area contributed by atoms with Crippen LogP contribution in [-0.4, -0.2) is 22.9 Å². The standard InChI is InChI=1S/C14H21N3O/c1-10(2)17(11(3)4)16-15-14-8-6-13(7-9-14)12(5)18/h6-11H,1-5H3. The zero-order valence-electron chi connectivity index (χ0n) is 11.7. The fourth-order valence-electron chi connectivity index (χ4n) is 1.67. The van der Waals surface area contributed by atoms with E-state index in [0.717, 1.165) is 5.69 Å². The van der Waals surface area contributed by atoms with Crippen molar-refractivity contribution in [2.24, 2.45) is 10.3 Å². The molecule has 0 amide bonds. The van der Waals surface area contributed by atoms with Crippen LogP contribution >= 0.6 is 0 Å². The van der Waals surface area contributed by atoms with E-state index >= 15 is 0 Å². The molecular formula is C14H21N3O. The number of ketones is 1. The van der Waals surface area contributed by atoms with Gasteiger partial charge in [0.2, 0.25) is 0 Å². The van der Waals surface area contributed by atoms with E-state index in [0.29, 0.717) is 17.6 Å². The van der Waals surface area contributed by atoms with Crippen LogP contribution in [0.4, 0.5) is 5.69 Å². The molecule has 0 radical (unpaired) electrons. The molecule has 0 aliphatic heterocycles. The SMILES string of the molecule is CC(=O)c1ccc(N=NN(C(C)C)C(C)C)cc1. The molecule has 1 aromatic rings. The van der Waals surface area contributed by atoms with Gasteiger partial charge in [-0.05, 0) is 58.9 Å². The third-order valence-corrected chi connectivity index (χ3v) is 2.60. The average molecular weight is 247 g/mol. The first-order valence-electron chi connectivity index (χ1n) is 6.22. The molecule has 0 spiro atoms. The molecule has 0 aromatic heterocycles. The number of nitrogens with zero attached hydrogens (tertiary/aromatic N) is 3. The lowest BCUT2D eigenvalue weighted by Gasteiger charge is -2.25. The van der Waals surface area contributed by atoms with E-state index in [2.05, 4.69) is 38.0 Å². The normalized spacial score (nSPS) is 11.5. The second-order valence-corrected chi connectivity index (χ2v) is 4.86. The predicted octanol–water partition coefficient (Wildman–Crippen LogP) is 4.01. The fourth-order valence-corrected chi connectivity index (χ4v) is 1.67. The fraction of sp³-hybridized carbons (Fsp3) is 0.500. The number of hydrogen-bond donors (Lipinski definition) is 0. The summed E-state index contributed by atoms with van der Waals surface area (Å²) >= 11 is 0. The maximum atomic E-state index is 11.1. The molecule has 0 unspecified atom stereocenters. The highest BCUT2D eigenvalue weighted by Gasteiger charge is 2.10. The Morgan fingerprint density at radius 3 is 1.94 bits per heavy atom. The van der Waals surface area contributed by atoms with Crippen LogP contribution in [0.15, 0.2) is 34.6 Å². The summed E-state index contributed by atoms with van der Waals surface area (Å²) in [6, 6.07) is 7.77. The molecule has 0 N–H and O–H groups in total. The molecule has 0 aliphatic carbocycles. The molecule has 4 nitrogen and oxygen atoms in total. The van der Waals surface area contributed by atoms with Gasteiger partial charge in [0.25, 0.3) is 0 Å². The first-order chi connectivity index (χ1) is 8.41. The Kier molecular flexibility index (Phi) is 5.01. The number of hydrogen-bond acceptors (Lipinski definition) is 3. The van der Waals surface area contributed by atoms with Gasteiger partial charge in [0.15, 0.2) is 5.78 Å². The van der Waals surface area contributed by atoms with E-state index in [1.807, 2.05) is 5.01 Å². The van der Waals surface area contributed by atoms with Crippen molar-refractivity contribution in [3.05, 3.63) is 29.8 Å². The van der Waals surface area contributed by atoms with Gasteiger partial charge in [0.05, 0.1) is 5.69 Å². The number of rotatable bonds is 5. The number of Topliss-reactive ketones (excluding diaryl/α,β-unsaturated/α-hetero) is 1. The molecule has 0 aliphatic rings. The highest BCUT2D eigenvalue weighted by atomic mass is 16.1. The molecule has 1 rings (SSSR count). The van der Waals surface area contributed by atoms with Crippen LogP contribution in [0, 0.1) is 0 Å². The van der Waals surface area contributed by atoms with Crippen molar-refractivity contribution >= 4 is 11.5 Å². The van der Waals surface area contributed by atoms with Crippen LogP contribution in [0.2, 0.25) is 0 Å². The molecule has 0 saturated heterocycles. The lowest BCUT2D eigenvalue weighted by Crippen LogP contribution is -2.31. The molecule has 98 valence electrons. The monoisotopic (exact) mass is 247 g/mol. The molecular weight excluding hydrogens is 226 g/mol. The van der Waals surface area contributed by atoms with Crippen LogP contribution < -0.4 is 0 Å². The highest BCUT2D eigenvalue weighted by molar-refractivity contribution is 5.94. The van der Waals surface area contributed by atoms with Gasteiger partial charge in [-0.25, -0.2) is 0 Å². The van der Waals surface area contributed by atoms with Crippen molar-refractivity contribution in [2.45, 2.75) is 46.7 Å². The van der Waals surface area contributed by atoms with Gasteiger partial charge in [0.1, 0.15) is 0 Å². The summed E-state index contributed by atoms with van der Waals surface area (Å²) < 4.78 is 0. The molecule has 0 atom stereocenters. The predicted molar refractivity (Wildman–Crippen MR) is 73.1 cm³/mol. The smallest absolute Gasteiger partial charge is 0.159 e. The van der Waals surface area contributed by atoms with E-state index in [4.69, 9.17) is 0 Å². The Bertz CT molecular complexity index is 413. The van der Waals surface area contributed by atoms with Crippen molar-refractivity contribution in [3.8, 4) is 0 Å². The van der Waals surface area contributed by atoms with E-state index in [1.165, 1.54) is 0 Å². The van der Waals surface area contributed by atoms with Crippen molar-refractivity contribution in [1.82, 2.24) is 5.01 Å². The van der Waals surface area contributed by atoms with Gasteiger partial charge in [0, 0.05) is 17.6 Å². The topological polar surface area (TPSA) is 45.0 Å². The number of carbonyl (C=O) groups is 1.